The number of piperidine rings is 1. The highest BCUT2D eigenvalue weighted by molar-refractivity contribution is 5.80. The van der Waals surface area contributed by atoms with E-state index in [0.717, 1.165) is 24.2 Å². The van der Waals surface area contributed by atoms with Gasteiger partial charge in [0.1, 0.15) is 11.5 Å². The number of amides is 1. The Morgan fingerprint density at radius 2 is 1.81 bits per heavy atom. The molecule has 0 spiro atoms. The highest BCUT2D eigenvalue weighted by atomic mass is 16.5. The number of nitrogens with zero attached hydrogens (tertiary/aromatic N) is 1. The molecule has 1 aliphatic heterocycles. The predicted octanol–water partition coefficient (Wildman–Crippen LogP) is 2.46. The fourth-order valence-electron chi connectivity index (χ4n) is 2.69. The first-order chi connectivity index (χ1) is 10.1. The molecule has 21 heavy (non-hydrogen) atoms. The van der Waals surface area contributed by atoms with Crippen LogP contribution in [0.4, 0.5) is 0 Å². The molecule has 4 heteroatoms. The maximum atomic E-state index is 12.3. The molecule has 0 aliphatic carbocycles. The average molecular weight is 289 g/mol. The van der Waals surface area contributed by atoms with Gasteiger partial charge in [0, 0.05) is 19.0 Å². The molecule has 1 aromatic rings. The molecular weight excluding hydrogens is 266 g/mol. The monoisotopic (exact) mass is 289 g/mol. The Hall–Kier alpha value is -1.84. The van der Waals surface area contributed by atoms with Crippen molar-refractivity contribution in [1.82, 2.24) is 4.90 Å². The van der Waals surface area contributed by atoms with Crippen molar-refractivity contribution in [2.24, 2.45) is 5.92 Å². The van der Waals surface area contributed by atoms with Crippen molar-refractivity contribution in [3.8, 4) is 5.75 Å². The molecule has 0 saturated carbocycles. The molecule has 114 valence electrons. The van der Waals surface area contributed by atoms with Crippen LogP contribution in [0.1, 0.15) is 32.3 Å². The lowest BCUT2D eigenvalue weighted by Crippen LogP contribution is -2.40. The van der Waals surface area contributed by atoms with E-state index in [1.165, 1.54) is 0 Å². The van der Waals surface area contributed by atoms with Crippen LogP contribution in [0.25, 0.3) is 0 Å². The van der Waals surface area contributed by atoms with Gasteiger partial charge >= 0.3 is 0 Å². The number of carbonyl (C=O) groups excluding carboxylic acids is 2. The smallest absolute Gasteiger partial charge is 0.226 e. The van der Waals surface area contributed by atoms with Crippen LogP contribution in [-0.4, -0.2) is 36.3 Å². The van der Waals surface area contributed by atoms with Crippen LogP contribution in [0.5, 0.6) is 5.75 Å². The third-order valence-corrected chi connectivity index (χ3v) is 4.01. The van der Waals surface area contributed by atoms with Crippen LogP contribution < -0.4 is 4.74 Å². The fraction of sp³-hybridized carbons (Fsp3) is 0.529. The van der Waals surface area contributed by atoms with Gasteiger partial charge in [0.2, 0.25) is 5.91 Å². The van der Waals surface area contributed by atoms with Crippen LogP contribution in [0.3, 0.4) is 0 Å². The molecule has 1 fully saturated rings. The van der Waals surface area contributed by atoms with Gasteiger partial charge in [0.05, 0.1) is 13.0 Å². The van der Waals surface area contributed by atoms with Crippen LogP contribution in [0.15, 0.2) is 24.3 Å². The van der Waals surface area contributed by atoms with Crippen molar-refractivity contribution < 1.29 is 14.3 Å². The second kappa shape index (κ2) is 7.25. The van der Waals surface area contributed by atoms with Crippen LogP contribution in [-0.2, 0) is 16.0 Å². The van der Waals surface area contributed by atoms with E-state index in [9.17, 15) is 9.59 Å². The van der Waals surface area contributed by atoms with Gasteiger partial charge in [-0.15, -0.1) is 0 Å². The quantitative estimate of drug-likeness (QED) is 0.836. The van der Waals surface area contributed by atoms with E-state index in [1.54, 1.807) is 6.92 Å². The molecular formula is C17H23NO3. The fourth-order valence-corrected chi connectivity index (χ4v) is 2.69. The lowest BCUT2D eigenvalue weighted by molar-refractivity contribution is -0.134. The minimum Gasteiger partial charge on any atom is -0.494 e. The zero-order valence-electron chi connectivity index (χ0n) is 12.8. The first-order valence-corrected chi connectivity index (χ1v) is 7.60. The number of carbonyl (C=O) groups is 2. The lowest BCUT2D eigenvalue weighted by atomic mass is 9.93. The Bertz CT molecular complexity index is 487. The molecule has 1 aromatic carbocycles. The van der Waals surface area contributed by atoms with Gasteiger partial charge in [-0.2, -0.15) is 0 Å². The summed E-state index contributed by atoms with van der Waals surface area (Å²) in [6.07, 6.45) is 2.01. The second-order valence-corrected chi connectivity index (χ2v) is 5.52. The Labute approximate surface area is 126 Å². The first kappa shape index (κ1) is 15.5. The first-order valence-electron chi connectivity index (χ1n) is 7.60. The summed E-state index contributed by atoms with van der Waals surface area (Å²) in [5.41, 5.74) is 0.997. The van der Waals surface area contributed by atoms with Gasteiger partial charge in [-0.05, 0) is 44.4 Å². The van der Waals surface area contributed by atoms with E-state index >= 15 is 0 Å². The number of ether oxygens (including phenoxy) is 1. The Morgan fingerprint density at radius 1 is 1.19 bits per heavy atom. The average Bonchev–Trinajstić information content (AvgIpc) is 2.49. The molecule has 1 heterocycles. The summed E-state index contributed by atoms with van der Waals surface area (Å²) in [5, 5.41) is 0. The summed E-state index contributed by atoms with van der Waals surface area (Å²) in [5.74, 6) is 1.35. The van der Waals surface area contributed by atoms with Gasteiger partial charge in [-0.25, -0.2) is 0 Å². The lowest BCUT2D eigenvalue weighted by Gasteiger charge is -2.31. The van der Waals surface area contributed by atoms with Gasteiger partial charge < -0.3 is 9.64 Å². The molecule has 1 saturated heterocycles. The largest absolute Gasteiger partial charge is 0.494 e. The standard InChI is InChI=1S/C17H23NO3/c1-3-21-16-6-4-14(5-7-16)12-17(20)18-10-8-15(9-11-18)13(2)19/h4-7,15H,3,8-12H2,1-2H3. The summed E-state index contributed by atoms with van der Waals surface area (Å²) >= 11 is 0. The number of ketones is 1. The van der Waals surface area contributed by atoms with Gasteiger partial charge in [0.15, 0.2) is 0 Å². The van der Waals surface area contributed by atoms with Crippen molar-refractivity contribution in [2.45, 2.75) is 33.1 Å². The molecule has 0 radical (unpaired) electrons. The van der Waals surface area contributed by atoms with E-state index in [-0.39, 0.29) is 17.6 Å². The summed E-state index contributed by atoms with van der Waals surface area (Å²) < 4.78 is 5.39. The van der Waals surface area contributed by atoms with Crippen molar-refractivity contribution in [2.75, 3.05) is 19.7 Å². The molecule has 4 nitrogen and oxygen atoms in total. The predicted molar refractivity (Wildman–Crippen MR) is 81.3 cm³/mol. The molecule has 0 bridgehead atoms. The Morgan fingerprint density at radius 3 is 2.33 bits per heavy atom. The summed E-state index contributed by atoms with van der Waals surface area (Å²) in [6, 6.07) is 7.67. The highest BCUT2D eigenvalue weighted by Gasteiger charge is 2.25. The molecule has 0 N–H and O–H groups in total. The summed E-state index contributed by atoms with van der Waals surface area (Å²) in [6.45, 7) is 5.62. The van der Waals surface area contributed by atoms with E-state index in [0.29, 0.717) is 26.1 Å². The van der Waals surface area contributed by atoms with Crippen LogP contribution in [0.2, 0.25) is 0 Å². The minimum atomic E-state index is 0.138. The zero-order chi connectivity index (χ0) is 15.2. The normalized spacial score (nSPS) is 15.8. The third kappa shape index (κ3) is 4.31. The zero-order valence-corrected chi connectivity index (χ0v) is 12.8. The number of hydrogen-bond donors (Lipinski definition) is 0. The number of benzene rings is 1. The molecule has 0 unspecified atom stereocenters. The maximum absolute atomic E-state index is 12.3. The van der Waals surface area contributed by atoms with Crippen molar-refractivity contribution >= 4 is 11.7 Å². The van der Waals surface area contributed by atoms with Crippen molar-refractivity contribution in [3.63, 3.8) is 0 Å². The molecule has 2 rings (SSSR count). The van der Waals surface area contributed by atoms with Crippen molar-refractivity contribution in [3.05, 3.63) is 29.8 Å². The van der Waals surface area contributed by atoms with Gasteiger partial charge in [-0.3, -0.25) is 9.59 Å². The van der Waals surface area contributed by atoms with E-state index in [2.05, 4.69) is 0 Å². The highest BCUT2D eigenvalue weighted by Crippen LogP contribution is 2.19. The Kier molecular flexibility index (Phi) is 5.37. The number of rotatable bonds is 5. The topological polar surface area (TPSA) is 46.6 Å². The van der Waals surface area contributed by atoms with E-state index < -0.39 is 0 Å². The number of hydrogen-bond acceptors (Lipinski definition) is 3. The number of Topliss-reactive ketones (excluding diaryl/α,β-unsaturated/α-hetero) is 1. The molecule has 1 aliphatic rings. The Balaban J connectivity index is 1.85. The van der Waals surface area contributed by atoms with Crippen molar-refractivity contribution in [1.29, 1.82) is 0 Å². The number of likely N-dealkylation sites (tertiary alicyclic amines) is 1. The molecule has 1 amide bonds. The summed E-state index contributed by atoms with van der Waals surface area (Å²) in [7, 11) is 0. The molecule has 0 aromatic heterocycles. The van der Waals surface area contributed by atoms with Gasteiger partial charge in [-0.1, -0.05) is 12.1 Å². The van der Waals surface area contributed by atoms with E-state index in [4.69, 9.17) is 4.74 Å². The van der Waals surface area contributed by atoms with Crippen LogP contribution >= 0.6 is 0 Å². The molecule has 0 atom stereocenters. The third-order valence-electron chi connectivity index (χ3n) is 4.01. The maximum Gasteiger partial charge on any atom is 0.226 e. The minimum absolute atomic E-state index is 0.138. The second-order valence-electron chi connectivity index (χ2n) is 5.52. The SMILES string of the molecule is CCOc1ccc(CC(=O)N2CCC(C(C)=O)CC2)cc1. The van der Waals surface area contributed by atoms with Gasteiger partial charge in [0.25, 0.3) is 0 Å². The van der Waals surface area contributed by atoms with E-state index in [1.807, 2.05) is 36.1 Å². The summed E-state index contributed by atoms with van der Waals surface area (Å²) in [4.78, 5) is 25.5. The van der Waals surface area contributed by atoms with Crippen LogP contribution in [0, 0.1) is 5.92 Å².